The summed E-state index contributed by atoms with van der Waals surface area (Å²) in [6, 6.07) is 12.9. The Morgan fingerprint density at radius 3 is 2.91 bits per heavy atom. The van der Waals surface area contributed by atoms with E-state index in [2.05, 4.69) is 22.8 Å². The van der Waals surface area contributed by atoms with E-state index < -0.39 is 5.82 Å². The van der Waals surface area contributed by atoms with Gasteiger partial charge in [0.25, 0.3) is 5.91 Å². The van der Waals surface area contributed by atoms with Crippen molar-refractivity contribution in [1.29, 1.82) is 0 Å². The second kappa shape index (κ2) is 7.57. The van der Waals surface area contributed by atoms with Gasteiger partial charge in [-0.05, 0) is 43.1 Å². The quantitative estimate of drug-likeness (QED) is 0.905. The van der Waals surface area contributed by atoms with E-state index in [0.29, 0.717) is 6.54 Å². The number of nitrogens with one attached hydrogen (secondary N) is 2. The monoisotopic (exact) mass is 334 g/mol. The molecule has 1 aliphatic rings. The Balaban J connectivity index is 0.00000192. The zero-order valence-corrected chi connectivity index (χ0v) is 13.8. The van der Waals surface area contributed by atoms with E-state index in [0.717, 1.165) is 18.5 Å². The lowest BCUT2D eigenvalue weighted by molar-refractivity contribution is 0.0945. The van der Waals surface area contributed by atoms with Crippen molar-refractivity contribution in [1.82, 2.24) is 10.6 Å². The van der Waals surface area contributed by atoms with Crippen LogP contribution in [0.15, 0.2) is 42.5 Å². The largest absolute Gasteiger partial charge is 0.350 e. The number of carbonyl (C=O) groups is 1. The maximum atomic E-state index is 13.7. The molecule has 5 heteroatoms. The molecular formula is C18H20ClFN2O. The van der Waals surface area contributed by atoms with Gasteiger partial charge in [-0.25, -0.2) is 4.39 Å². The molecule has 0 radical (unpaired) electrons. The summed E-state index contributed by atoms with van der Waals surface area (Å²) in [5.41, 5.74) is 3.48. The number of amides is 1. The molecular weight excluding hydrogens is 315 g/mol. The first-order valence-corrected chi connectivity index (χ1v) is 7.50. The predicted octanol–water partition coefficient (Wildman–Crippen LogP) is 3.17. The van der Waals surface area contributed by atoms with Crippen LogP contribution in [0.3, 0.4) is 0 Å². The summed E-state index contributed by atoms with van der Waals surface area (Å²) in [7, 11) is 0. The third-order valence-electron chi connectivity index (χ3n) is 4.05. The van der Waals surface area contributed by atoms with Crippen LogP contribution in [0.1, 0.15) is 33.1 Å². The van der Waals surface area contributed by atoms with Crippen LogP contribution in [-0.4, -0.2) is 19.0 Å². The molecule has 0 saturated carbocycles. The van der Waals surface area contributed by atoms with Gasteiger partial charge in [0, 0.05) is 12.6 Å². The molecule has 0 aromatic heterocycles. The fourth-order valence-electron chi connectivity index (χ4n) is 2.88. The van der Waals surface area contributed by atoms with Crippen LogP contribution in [-0.2, 0) is 6.42 Å². The minimum absolute atomic E-state index is 0. The van der Waals surface area contributed by atoms with Crippen molar-refractivity contribution in [2.24, 2.45) is 0 Å². The Bertz CT molecular complexity index is 705. The van der Waals surface area contributed by atoms with Gasteiger partial charge >= 0.3 is 0 Å². The fraction of sp³-hybridized carbons (Fsp3) is 0.278. The maximum absolute atomic E-state index is 13.7. The van der Waals surface area contributed by atoms with Crippen LogP contribution >= 0.6 is 12.4 Å². The van der Waals surface area contributed by atoms with E-state index in [1.807, 2.05) is 19.1 Å². The number of rotatable bonds is 3. The van der Waals surface area contributed by atoms with E-state index in [4.69, 9.17) is 0 Å². The van der Waals surface area contributed by atoms with Gasteiger partial charge in [-0.15, -0.1) is 12.4 Å². The van der Waals surface area contributed by atoms with E-state index >= 15 is 0 Å². The van der Waals surface area contributed by atoms with Crippen molar-refractivity contribution in [2.75, 3.05) is 13.1 Å². The highest BCUT2D eigenvalue weighted by Crippen LogP contribution is 2.22. The van der Waals surface area contributed by atoms with E-state index in [9.17, 15) is 9.18 Å². The van der Waals surface area contributed by atoms with Crippen LogP contribution in [0.4, 0.5) is 4.39 Å². The summed E-state index contributed by atoms with van der Waals surface area (Å²) in [5, 5.41) is 6.24. The molecule has 1 unspecified atom stereocenters. The number of fused-ring (bicyclic) bond motifs is 1. The number of carbonyl (C=O) groups excluding carboxylic acids is 1. The standard InChI is InChI=1S/C18H19FN2O.ClH/c1-12-6-7-16(19)15(10-12)18(22)21-11-17-14-5-3-2-4-13(14)8-9-20-17;/h2-7,10,17,20H,8-9,11H2,1H3,(H,21,22);1H. The van der Waals surface area contributed by atoms with Crippen molar-refractivity contribution in [3.63, 3.8) is 0 Å². The topological polar surface area (TPSA) is 41.1 Å². The molecule has 1 aliphatic heterocycles. The molecule has 0 saturated heterocycles. The lowest BCUT2D eigenvalue weighted by Crippen LogP contribution is -2.39. The molecule has 0 fully saturated rings. The molecule has 23 heavy (non-hydrogen) atoms. The maximum Gasteiger partial charge on any atom is 0.254 e. The highest BCUT2D eigenvalue weighted by atomic mass is 35.5. The Morgan fingerprint density at radius 1 is 1.30 bits per heavy atom. The first-order chi connectivity index (χ1) is 10.6. The smallest absolute Gasteiger partial charge is 0.254 e. The van der Waals surface area contributed by atoms with Crippen molar-refractivity contribution >= 4 is 18.3 Å². The predicted molar refractivity (Wildman–Crippen MR) is 91.6 cm³/mol. The Hall–Kier alpha value is -1.91. The van der Waals surface area contributed by atoms with Crippen LogP contribution in [0.5, 0.6) is 0 Å². The van der Waals surface area contributed by atoms with Crippen molar-refractivity contribution in [2.45, 2.75) is 19.4 Å². The second-order valence-corrected chi connectivity index (χ2v) is 5.65. The van der Waals surface area contributed by atoms with Gasteiger partial charge in [0.15, 0.2) is 0 Å². The van der Waals surface area contributed by atoms with Gasteiger partial charge in [0.05, 0.1) is 5.56 Å². The second-order valence-electron chi connectivity index (χ2n) is 5.65. The number of benzene rings is 2. The van der Waals surface area contributed by atoms with Gasteiger partial charge in [-0.3, -0.25) is 4.79 Å². The minimum Gasteiger partial charge on any atom is -0.350 e. The van der Waals surface area contributed by atoms with Crippen LogP contribution in [0.2, 0.25) is 0 Å². The van der Waals surface area contributed by atoms with Crippen LogP contribution < -0.4 is 10.6 Å². The SMILES string of the molecule is Cc1ccc(F)c(C(=O)NCC2NCCc3ccccc32)c1.Cl. The number of hydrogen-bond acceptors (Lipinski definition) is 2. The average Bonchev–Trinajstić information content (AvgIpc) is 2.54. The van der Waals surface area contributed by atoms with Crippen molar-refractivity contribution in [3.8, 4) is 0 Å². The average molecular weight is 335 g/mol. The third-order valence-corrected chi connectivity index (χ3v) is 4.05. The minimum atomic E-state index is -0.486. The van der Waals surface area contributed by atoms with Gasteiger partial charge < -0.3 is 10.6 Å². The Morgan fingerprint density at radius 2 is 2.09 bits per heavy atom. The molecule has 2 aromatic rings. The summed E-state index contributed by atoms with van der Waals surface area (Å²) < 4.78 is 13.7. The van der Waals surface area contributed by atoms with E-state index in [1.165, 1.54) is 17.2 Å². The lowest BCUT2D eigenvalue weighted by atomic mass is 9.94. The van der Waals surface area contributed by atoms with Gasteiger partial charge in [0.1, 0.15) is 5.82 Å². The van der Waals surface area contributed by atoms with E-state index in [-0.39, 0.29) is 29.9 Å². The zero-order chi connectivity index (χ0) is 15.5. The molecule has 2 N–H and O–H groups in total. The fourth-order valence-corrected chi connectivity index (χ4v) is 2.88. The summed E-state index contributed by atoms with van der Waals surface area (Å²) >= 11 is 0. The van der Waals surface area contributed by atoms with Gasteiger partial charge in [-0.2, -0.15) is 0 Å². The normalized spacial score (nSPS) is 16.2. The van der Waals surface area contributed by atoms with E-state index in [1.54, 1.807) is 12.1 Å². The third kappa shape index (κ3) is 3.89. The molecule has 1 heterocycles. The Kier molecular flexibility index (Phi) is 5.74. The summed E-state index contributed by atoms with van der Waals surface area (Å²) in [4.78, 5) is 12.2. The lowest BCUT2D eigenvalue weighted by Gasteiger charge is -2.27. The zero-order valence-electron chi connectivity index (χ0n) is 12.9. The molecule has 0 bridgehead atoms. The summed E-state index contributed by atoms with van der Waals surface area (Å²) in [6.07, 6.45) is 0.993. The van der Waals surface area contributed by atoms with Crippen LogP contribution in [0, 0.1) is 12.7 Å². The number of halogens is 2. The molecule has 0 aliphatic carbocycles. The molecule has 0 spiro atoms. The number of aryl methyl sites for hydroxylation is 1. The van der Waals surface area contributed by atoms with Gasteiger partial charge in [0.2, 0.25) is 0 Å². The molecule has 3 rings (SSSR count). The molecule has 3 nitrogen and oxygen atoms in total. The molecule has 1 amide bonds. The molecule has 1 atom stereocenters. The van der Waals surface area contributed by atoms with Crippen molar-refractivity contribution < 1.29 is 9.18 Å². The molecule has 122 valence electrons. The number of hydrogen-bond donors (Lipinski definition) is 2. The summed E-state index contributed by atoms with van der Waals surface area (Å²) in [6.45, 7) is 3.18. The summed E-state index contributed by atoms with van der Waals surface area (Å²) in [5.74, 6) is -0.855. The van der Waals surface area contributed by atoms with Crippen LogP contribution in [0.25, 0.3) is 0 Å². The first kappa shape index (κ1) is 17.4. The first-order valence-electron chi connectivity index (χ1n) is 7.50. The molecule has 2 aromatic carbocycles. The highest BCUT2D eigenvalue weighted by molar-refractivity contribution is 5.94. The van der Waals surface area contributed by atoms with Gasteiger partial charge in [-0.1, -0.05) is 35.9 Å². The highest BCUT2D eigenvalue weighted by Gasteiger charge is 2.20. The Labute approximate surface area is 141 Å². The van der Waals surface area contributed by atoms with Crippen molar-refractivity contribution in [3.05, 3.63) is 70.5 Å².